The Balaban J connectivity index is 0.00000196. The number of hydrogen-bond acceptors (Lipinski definition) is 5. The van der Waals surface area contributed by atoms with Crippen molar-refractivity contribution in [2.45, 2.75) is 31.9 Å². The van der Waals surface area contributed by atoms with Crippen LogP contribution >= 0.6 is 12.4 Å². The molecule has 1 N–H and O–H groups in total. The summed E-state index contributed by atoms with van der Waals surface area (Å²) in [6.45, 7) is 3.47. The highest BCUT2D eigenvalue weighted by Gasteiger charge is 2.29. The molecule has 1 unspecified atom stereocenters. The highest BCUT2D eigenvalue weighted by molar-refractivity contribution is 5.96. The Morgan fingerprint density at radius 3 is 3.04 bits per heavy atom. The Morgan fingerprint density at radius 2 is 2.27 bits per heavy atom. The Labute approximate surface area is 159 Å². The van der Waals surface area contributed by atoms with E-state index in [9.17, 15) is 4.79 Å². The summed E-state index contributed by atoms with van der Waals surface area (Å²) in [6, 6.07) is 8.01. The van der Waals surface area contributed by atoms with Crippen LogP contribution in [0.1, 0.15) is 45.6 Å². The van der Waals surface area contributed by atoms with Crippen molar-refractivity contribution in [1.29, 1.82) is 0 Å². The summed E-state index contributed by atoms with van der Waals surface area (Å²) < 4.78 is 10.8. The fraction of sp³-hybridized carbons (Fsp3) is 0.474. The fourth-order valence-corrected chi connectivity index (χ4v) is 3.75. The Hall–Kier alpha value is -1.89. The molecule has 26 heavy (non-hydrogen) atoms. The molecule has 0 aliphatic carbocycles. The summed E-state index contributed by atoms with van der Waals surface area (Å²) in [6.07, 6.45) is 1.78. The van der Waals surface area contributed by atoms with Crippen LogP contribution in [-0.4, -0.2) is 42.5 Å². The molecule has 0 bridgehead atoms. The van der Waals surface area contributed by atoms with Crippen molar-refractivity contribution < 1.29 is 13.9 Å². The van der Waals surface area contributed by atoms with Gasteiger partial charge in [-0.3, -0.25) is 4.79 Å². The second kappa shape index (κ2) is 8.20. The zero-order chi connectivity index (χ0) is 17.2. The number of nitrogens with zero attached hydrogens (tertiary/aromatic N) is 2. The van der Waals surface area contributed by atoms with Crippen LogP contribution in [0.3, 0.4) is 0 Å². The number of hydrogen-bond donors (Lipinski definition) is 1. The van der Waals surface area contributed by atoms with Crippen molar-refractivity contribution in [2.75, 3.05) is 26.7 Å². The number of amides is 1. The fourth-order valence-electron chi connectivity index (χ4n) is 3.75. The average molecular weight is 378 g/mol. The van der Waals surface area contributed by atoms with Gasteiger partial charge in [-0.15, -0.1) is 12.4 Å². The molecule has 7 heteroatoms. The van der Waals surface area contributed by atoms with Crippen molar-refractivity contribution in [3.05, 3.63) is 52.7 Å². The summed E-state index contributed by atoms with van der Waals surface area (Å²) in [4.78, 5) is 19.5. The van der Waals surface area contributed by atoms with Gasteiger partial charge in [0, 0.05) is 32.2 Å². The van der Waals surface area contributed by atoms with Crippen LogP contribution in [0.25, 0.3) is 0 Å². The maximum absolute atomic E-state index is 13.1. The van der Waals surface area contributed by atoms with Gasteiger partial charge in [-0.1, -0.05) is 18.2 Å². The second-order valence-corrected chi connectivity index (χ2v) is 6.66. The lowest BCUT2D eigenvalue weighted by Gasteiger charge is -2.27. The Bertz CT molecular complexity index is 771. The number of methoxy groups -OCH3 is 1. The summed E-state index contributed by atoms with van der Waals surface area (Å²) in [5.41, 5.74) is 2.83. The first kappa shape index (κ1) is 18.9. The molecule has 140 valence electrons. The zero-order valence-corrected chi connectivity index (χ0v) is 15.7. The molecule has 2 aliphatic rings. The number of aromatic nitrogens is 1. The van der Waals surface area contributed by atoms with E-state index in [1.165, 1.54) is 0 Å². The molecule has 2 aromatic rings. The number of fused-ring (bicyclic) bond motifs is 1. The van der Waals surface area contributed by atoms with Gasteiger partial charge in [0.2, 0.25) is 5.89 Å². The molecular weight excluding hydrogens is 354 g/mol. The number of benzene rings is 1. The molecule has 1 aromatic carbocycles. The Kier molecular flexibility index (Phi) is 5.96. The number of nitrogens with one attached hydrogen (secondary N) is 1. The van der Waals surface area contributed by atoms with Crippen LogP contribution in [0.15, 0.2) is 28.7 Å². The highest BCUT2D eigenvalue weighted by atomic mass is 35.5. The number of halogens is 1. The Morgan fingerprint density at radius 1 is 1.42 bits per heavy atom. The van der Waals surface area contributed by atoms with Gasteiger partial charge in [-0.25, -0.2) is 4.98 Å². The smallest absolute Gasteiger partial charge is 0.254 e. The third-order valence-corrected chi connectivity index (χ3v) is 5.02. The van der Waals surface area contributed by atoms with Crippen LogP contribution in [-0.2, 0) is 24.3 Å². The van der Waals surface area contributed by atoms with Gasteiger partial charge in [0.15, 0.2) is 0 Å². The summed E-state index contributed by atoms with van der Waals surface area (Å²) in [5, 5.41) is 3.39. The van der Waals surface area contributed by atoms with Crippen LogP contribution in [0.4, 0.5) is 0 Å². The van der Waals surface area contributed by atoms with E-state index in [1.807, 2.05) is 23.1 Å². The number of oxazole rings is 1. The van der Waals surface area contributed by atoms with Crippen molar-refractivity contribution in [2.24, 2.45) is 0 Å². The van der Waals surface area contributed by atoms with Crippen molar-refractivity contribution in [3.8, 4) is 0 Å². The molecule has 2 aliphatic heterocycles. The minimum Gasteiger partial charge on any atom is -0.443 e. The third-order valence-electron chi connectivity index (χ3n) is 5.02. The predicted molar refractivity (Wildman–Crippen MR) is 99.6 cm³/mol. The SMILES string of the molecule is COCc1nc2c(o1)CCN(C(=O)c1ccccc1C1CCNC1)C2.Cl. The first-order valence-electron chi connectivity index (χ1n) is 8.81. The first-order valence-corrected chi connectivity index (χ1v) is 8.81. The van der Waals surface area contributed by atoms with Gasteiger partial charge in [-0.05, 0) is 30.5 Å². The lowest BCUT2D eigenvalue weighted by molar-refractivity contribution is 0.0726. The number of carbonyl (C=O) groups is 1. The van der Waals surface area contributed by atoms with E-state index in [1.54, 1.807) is 7.11 Å². The summed E-state index contributed by atoms with van der Waals surface area (Å²) in [7, 11) is 1.62. The van der Waals surface area contributed by atoms with E-state index >= 15 is 0 Å². The van der Waals surface area contributed by atoms with E-state index in [2.05, 4.69) is 16.4 Å². The van der Waals surface area contributed by atoms with E-state index < -0.39 is 0 Å². The molecule has 6 nitrogen and oxygen atoms in total. The van der Waals surface area contributed by atoms with Gasteiger partial charge >= 0.3 is 0 Å². The molecule has 3 heterocycles. The molecule has 0 saturated carbocycles. The summed E-state index contributed by atoms with van der Waals surface area (Å²) >= 11 is 0. The molecule has 4 rings (SSSR count). The van der Waals surface area contributed by atoms with E-state index in [-0.39, 0.29) is 18.3 Å². The van der Waals surface area contributed by atoms with Crippen molar-refractivity contribution in [3.63, 3.8) is 0 Å². The molecule has 0 radical (unpaired) electrons. The maximum Gasteiger partial charge on any atom is 0.254 e. The van der Waals surface area contributed by atoms with Gasteiger partial charge in [-0.2, -0.15) is 0 Å². The van der Waals surface area contributed by atoms with Crippen LogP contribution < -0.4 is 5.32 Å². The standard InChI is InChI=1S/C19H23N3O3.ClH/c1-24-12-18-21-16-11-22(9-7-17(16)25-18)19(23)15-5-3-2-4-14(15)13-6-8-20-10-13;/h2-5,13,20H,6-12H2,1H3;1H. The van der Waals surface area contributed by atoms with Crippen LogP contribution in [0, 0.1) is 0 Å². The molecule has 1 amide bonds. The van der Waals surface area contributed by atoms with E-state index in [0.717, 1.165) is 42.1 Å². The second-order valence-electron chi connectivity index (χ2n) is 6.66. The molecule has 1 saturated heterocycles. The predicted octanol–water partition coefficient (Wildman–Crippen LogP) is 2.52. The van der Waals surface area contributed by atoms with Gasteiger partial charge in [0.25, 0.3) is 5.91 Å². The van der Waals surface area contributed by atoms with Crippen LogP contribution in [0.2, 0.25) is 0 Å². The van der Waals surface area contributed by atoms with Crippen LogP contribution in [0.5, 0.6) is 0 Å². The van der Waals surface area contributed by atoms with Crippen molar-refractivity contribution in [1.82, 2.24) is 15.2 Å². The van der Waals surface area contributed by atoms with E-state index in [4.69, 9.17) is 9.15 Å². The minimum absolute atomic E-state index is 0. The largest absolute Gasteiger partial charge is 0.443 e. The lowest BCUT2D eigenvalue weighted by Crippen LogP contribution is -2.36. The van der Waals surface area contributed by atoms with Crippen molar-refractivity contribution >= 4 is 18.3 Å². The van der Waals surface area contributed by atoms with Gasteiger partial charge in [0.1, 0.15) is 18.1 Å². The normalized spacial score (nSPS) is 19.1. The topological polar surface area (TPSA) is 67.6 Å². The molecular formula is C19H24ClN3O3. The first-order chi connectivity index (χ1) is 12.3. The number of ether oxygens (including phenoxy) is 1. The zero-order valence-electron chi connectivity index (χ0n) is 14.9. The monoisotopic (exact) mass is 377 g/mol. The summed E-state index contributed by atoms with van der Waals surface area (Å²) in [5.74, 6) is 1.97. The quantitative estimate of drug-likeness (QED) is 0.886. The van der Waals surface area contributed by atoms with Gasteiger partial charge < -0.3 is 19.4 Å². The molecule has 0 spiro atoms. The molecule has 1 fully saturated rings. The third kappa shape index (κ3) is 3.63. The van der Waals surface area contributed by atoms with E-state index in [0.29, 0.717) is 37.9 Å². The lowest BCUT2D eigenvalue weighted by atomic mass is 9.92. The molecule has 1 atom stereocenters. The number of rotatable bonds is 4. The number of carbonyl (C=O) groups excluding carboxylic acids is 1. The average Bonchev–Trinajstić information content (AvgIpc) is 3.30. The maximum atomic E-state index is 13.1. The minimum atomic E-state index is 0. The van der Waals surface area contributed by atoms with Gasteiger partial charge in [0.05, 0.1) is 6.54 Å². The highest BCUT2D eigenvalue weighted by Crippen LogP contribution is 2.28. The molecule has 1 aromatic heterocycles.